The highest BCUT2D eigenvalue weighted by Gasteiger charge is 2.34. The summed E-state index contributed by atoms with van der Waals surface area (Å²) < 4.78 is 0. The van der Waals surface area contributed by atoms with E-state index in [0.29, 0.717) is 57.2 Å². The number of aliphatic carboxylic acids is 2. The maximum atomic E-state index is 13.8. The van der Waals surface area contributed by atoms with E-state index in [1.54, 1.807) is 59.5 Å². The molecule has 0 saturated heterocycles. The summed E-state index contributed by atoms with van der Waals surface area (Å²) in [5.41, 5.74) is 4.82. The van der Waals surface area contributed by atoms with Gasteiger partial charge in [-0.2, -0.15) is 0 Å². The third-order valence-corrected chi connectivity index (χ3v) is 12.6. The number of aromatic amines is 2. The SMILES string of the molecule is CN[C@@H](CC(=O)O)C(=O)N[C@@H](CSSCCC(=O)Nc1ccc2[nH]c(C(=O)Nc3ccc4[nH]c(C(=O)N5CC(C)c6c5cc(O)c5ccccc65)cc4c3)cc2c1)C(=O)O. The van der Waals surface area contributed by atoms with Crippen LogP contribution in [0.4, 0.5) is 17.1 Å². The van der Waals surface area contributed by atoms with E-state index in [1.807, 2.05) is 24.3 Å². The molecule has 7 rings (SSSR count). The van der Waals surface area contributed by atoms with E-state index < -0.39 is 36.4 Å². The first kappa shape index (κ1) is 41.7. The van der Waals surface area contributed by atoms with Crippen LogP contribution >= 0.6 is 21.6 Å². The van der Waals surface area contributed by atoms with E-state index in [1.165, 1.54) is 28.6 Å². The van der Waals surface area contributed by atoms with Crippen LogP contribution in [0.2, 0.25) is 0 Å². The number of benzene rings is 4. The molecular weight excluding hydrogens is 811 g/mol. The second kappa shape index (κ2) is 17.8. The number of carbonyl (C=O) groups is 6. The number of aromatic nitrogens is 2. The van der Waals surface area contributed by atoms with Crippen molar-refractivity contribution in [2.24, 2.45) is 0 Å². The summed E-state index contributed by atoms with van der Waals surface area (Å²) >= 11 is 0. The lowest BCUT2D eigenvalue weighted by atomic mass is 9.95. The van der Waals surface area contributed by atoms with E-state index in [9.17, 15) is 39.0 Å². The summed E-state index contributed by atoms with van der Waals surface area (Å²) in [6, 6.07) is 20.9. The van der Waals surface area contributed by atoms with Crippen LogP contribution < -0.4 is 26.2 Å². The van der Waals surface area contributed by atoms with Gasteiger partial charge in [-0.3, -0.25) is 24.0 Å². The molecule has 310 valence electrons. The number of nitrogens with zero attached hydrogens (tertiary/aromatic N) is 1. The molecule has 0 spiro atoms. The first-order valence-electron chi connectivity index (χ1n) is 18.9. The van der Waals surface area contributed by atoms with Gasteiger partial charge in [-0.05, 0) is 66.5 Å². The van der Waals surface area contributed by atoms with Gasteiger partial charge in [-0.1, -0.05) is 52.8 Å². The number of phenolic OH excluding ortho intramolecular Hbond substituents is 1. The molecule has 0 saturated carbocycles. The number of carboxylic acid groups (broad SMARTS) is 2. The van der Waals surface area contributed by atoms with Gasteiger partial charge in [0.1, 0.15) is 23.2 Å². The number of phenols is 1. The molecule has 2 aromatic heterocycles. The lowest BCUT2D eigenvalue weighted by Gasteiger charge is -2.18. The molecule has 0 fully saturated rings. The van der Waals surface area contributed by atoms with E-state index in [0.717, 1.165) is 21.7 Å². The molecular formula is C42H41N7O9S2. The average molecular weight is 852 g/mol. The molecule has 3 heterocycles. The number of amides is 4. The molecule has 4 amide bonds. The van der Waals surface area contributed by atoms with Gasteiger partial charge in [0, 0.05) is 75.0 Å². The predicted molar refractivity (Wildman–Crippen MR) is 233 cm³/mol. The number of nitrogens with one attached hydrogen (secondary N) is 6. The van der Waals surface area contributed by atoms with Crippen molar-refractivity contribution >= 4 is 107 Å². The molecule has 6 aromatic rings. The van der Waals surface area contributed by atoms with Crippen molar-refractivity contribution in [1.29, 1.82) is 0 Å². The van der Waals surface area contributed by atoms with Crippen molar-refractivity contribution < 1.29 is 44.1 Å². The molecule has 0 bridgehead atoms. The Morgan fingerprint density at radius 3 is 2.13 bits per heavy atom. The molecule has 18 heteroatoms. The summed E-state index contributed by atoms with van der Waals surface area (Å²) in [5.74, 6) is -3.55. The maximum Gasteiger partial charge on any atom is 0.327 e. The standard InChI is InChI=1S/C42H41N7O9S2/c1-21-19-49(34-18-35(50)26-5-3-4-6-27(26)38(21)34)41(56)32-16-23-14-25(8-10-29(23)47-32)45-40(55)31-15-22-13-24(7-9-28(22)46-31)44-36(51)11-12-59-60-20-33(42(57)58)48-39(54)30(43-2)17-37(52)53/h3-10,13-16,18,21,30,33,43,46-47,50H,11-12,17,19-20H2,1-2H3,(H,44,51)(H,45,55)(H,48,54)(H,52,53)(H,57,58)/t21?,30-,33-/m0/s1. The van der Waals surface area contributed by atoms with Crippen LogP contribution in [-0.2, 0) is 19.2 Å². The Bertz CT molecular complexity index is 2680. The number of hydrogen-bond acceptors (Lipinski definition) is 10. The van der Waals surface area contributed by atoms with Gasteiger partial charge >= 0.3 is 11.9 Å². The average Bonchev–Trinajstić information content (AvgIpc) is 3.94. The normalized spacial score (nSPS) is 14.5. The van der Waals surface area contributed by atoms with Crippen molar-refractivity contribution in [2.75, 3.05) is 40.6 Å². The monoisotopic (exact) mass is 851 g/mol. The van der Waals surface area contributed by atoms with Crippen LogP contribution in [-0.4, -0.2) is 98.0 Å². The Labute approximate surface area is 350 Å². The minimum atomic E-state index is -1.26. The summed E-state index contributed by atoms with van der Waals surface area (Å²) in [6.45, 7) is 2.54. The highest BCUT2D eigenvalue weighted by molar-refractivity contribution is 8.76. The van der Waals surface area contributed by atoms with Gasteiger partial charge in [0.25, 0.3) is 11.8 Å². The fraction of sp³-hybridized carbons (Fsp3) is 0.238. The van der Waals surface area contributed by atoms with Crippen LogP contribution in [0.3, 0.4) is 0 Å². The fourth-order valence-corrected chi connectivity index (χ4v) is 9.39. The van der Waals surface area contributed by atoms with Gasteiger partial charge in [-0.15, -0.1) is 0 Å². The highest BCUT2D eigenvalue weighted by atomic mass is 33.1. The van der Waals surface area contributed by atoms with Gasteiger partial charge in [0.2, 0.25) is 11.8 Å². The number of fused-ring (bicyclic) bond motifs is 5. The number of carboxylic acids is 2. The second-order valence-electron chi connectivity index (χ2n) is 14.4. The molecule has 4 aromatic carbocycles. The Morgan fingerprint density at radius 2 is 1.47 bits per heavy atom. The summed E-state index contributed by atoms with van der Waals surface area (Å²) in [6.07, 6.45) is -0.378. The minimum absolute atomic E-state index is 0.000810. The van der Waals surface area contributed by atoms with Crippen molar-refractivity contribution in [3.05, 3.63) is 95.8 Å². The Balaban J connectivity index is 0.919. The third kappa shape index (κ3) is 9.05. The van der Waals surface area contributed by atoms with Crippen LogP contribution in [0.25, 0.3) is 32.6 Å². The molecule has 9 N–H and O–H groups in total. The molecule has 60 heavy (non-hydrogen) atoms. The molecule has 3 atom stereocenters. The van der Waals surface area contributed by atoms with Gasteiger partial charge in [0.15, 0.2) is 0 Å². The second-order valence-corrected chi connectivity index (χ2v) is 17.0. The van der Waals surface area contributed by atoms with Crippen molar-refractivity contribution in [2.45, 2.75) is 37.8 Å². The third-order valence-electron chi connectivity index (χ3n) is 10.2. The van der Waals surface area contributed by atoms with Crippen LogP contribution in [0.1, 0.15) is 52.2 Å². The maximum absolute atomic E-state index is 13.8. The van der Waals surface area contributed by atoms with Crippen molar-refractivity contribution in [3.63, 3.8) is 0 Å². The molecule has 1 unspecified atom stereocenters. The smallest absolute Gasteiger partial charge is 0.327 e. The number of H-pyrrole nitrogens is 2. The largest absolute Gasteiger partial charge is 0.507 e. The summed E-state index contributed by atoms with van der Waals surface area (Å²) in [4.78, 5) is 82.8. The molecule has 16 nitrogen and oxygen atoms in total. The first-order chi connectivity index (χ1) is 28.8. The molecule has 0 radical (unpaired) electrons. The van der Waals surface area contributed by atoms with Gasteiger partial charge < -0.3 is 51.5 Å². The Kier molecular flexibility index (Phi) is 12.3. The Morgan fingerprint density at radius 1 is 0.817 bits per heavy atom. The lowest BCUT2D eigenvalue weighted by Crippen LogP contribution is -2.51. The quantitative estimate of drug-likeness (QED) is 0.0410. The molecule has 1 aliphatic rings. The lowest BCUT2D eigenvalue weighted by molar-refractivity contribution is -0.142. The van der Waals surface area contributed by atoms with E-state index in [2.05, 4.69) is 38.2 Å². The fourth-order valence-electron chi connectivity index (χ4n) is 7.24. The molecule has 1 aliphatic heterocycles. The zero-order valence-corrected chi connectivity index (χ0v) is 34.0. The van der Waals surface area contributed by atoms with E-state index in [4.69, 9.17) is 5.11 Å². The first-order valence-corrected chi connectivity index (χ1v) is 21.4. The number of aromatic hydroxyl groups is 1. The van der Waals surface area contributed by atoms with Gasteiger partial charge in [0.05, 0.1) is 18.2 Å². The summed E-state index contributed by atoms with van der Waals surface area (Å²) in [5, 5.41) is 42.9. The molecule has 0 aliphatic carbocycles. The van der Waals surface area contributed by atoms with Crippen molar-refractivity contribution in [1.82, 2.24) is 20.6 Å². The van der Waals surface area contributed by atoms with Gasteiger partial charge in [-0.25, -0.2) is 4.79 Å². The number of carbonyl (C=O) groups excluding carboxylic acids is 4. The predicted octanol–water partition coefficient (Wildman–Crippen LogP) is 5.87. The number of rotatable bonds is 16. The van der Waals surface area contributed by atoms with E-state index >= 15 is 0 Å². The highest BCUT2D eigenvalue weighted by Crippen LogP contribution is 2.45. The Hall–Kier alpha value is -6.50. The number of anilines is 3. The summed E-state index contributed by atoms with van der Waals surface area (Å²) in [7, 11) is 3.84. The topological polar surface area (TPSA) is 246 Å². The van der Waals surface area contributed by atoms with Crippen molar-refractivity contribution in [3.8, 4) is 5.75 Å². The number of hydrogen-bond donors (Lipinski definition) is 9. The van der Waals surface area contributed by atoms with E-state index in [-0.39, 0.29) is 41.6 Å². The van der Waals surface area contributed by atoms with Crippen LogP contribution in [0.5, 0.6) is 5.75 Å². The zero-order chi connectivity index (χ0) is 42.7. The number of likely N-dealkylation sites (N-methyl/N-ethyl adjacent to an activating group) is 1. The van der Waals surface area contributed by atoms with Crippen LogP contribution in [0.15, 0.2) is 78.9 Å². The zero-order valence-electron chi connectivity index (χ0n) is 32.3. The van der Waals surface area contributed by atoms with Crippen LogP contribution in [0, 0.1) is 0 Å². The minimum Gasteiger partial charge on any atom is -0.507 e.